The molecule has 29 heavy (non-hydrogen) atoms. The Bertz CT molecular complexity index is 659. The monoisotopic (exact) mass is 434 g/mol. The van der Waals surface area contributed by atoms with Crippen molar-refractivity contribution in [3.63, 3.8) is 0 Å². The van der Waals surface area contributed by atoms with Gasteiger partial charge in [-0.2, -0.15) is 12.6 Å². The van der Waals surface area contributed by atoms with Crippen molar-refractivity contribution in [3.05, 3.63) is 0 Å². The lowest BCUT2D eigenvalue weighted by atomic mass is 10.1. The third-order valence-electron chi connectivity index (χ3n) is 4.45. The minimum Gasteiger partial charge on any atom is -0.481 e. The topological polar surface area (TPSA) is 199 Å². The van der Waals surface area contributed by atoms with Crippen LogP contribution in [0.3, 0.4) is 0 Å². The number of nitrogens with two attached hydrogens (primary N) is 1. The van der Waals surface area contributed by atoms with Gasteiger partial charge in [0.05, 0.1) is 12.5 Å². The van der Waals surface area contributed by atoms with Gasteiger partial charge in [-0.25, -0.2) is 4.79 Å². The van der Waals surface area contributed by atoms with Crippen LogP contribution in [0, 0.1) is 0 Å². The molecule has 0 aliphatic carbocycles. The van der Waals surface area contributed by atoms with Gasteiger partial charge in [-0.3, -0.25) is 19.2 Å². The number of likely N-dealkylation sites (tertiary alicyclic amines) is 1. The summed E-state index contributed by atoms with van der Waals surface area (Å²) in [4.78, 5) is 60.7. The predicted octanol–water partition coefficient (Wildman–Crippen LogP) is -2.86. The van der Waals surface area contributed by atoms with Gasteiger partial charge in [0.15, 0.2) is 0 Å². The van der Waals surface area contributed by atoms with Crippen molar-refractivity contribution in [2.75, 3.05) is 12.3 Å². The quantitative estimate of drug-likeness (QED) is 0.177. The molecule has 1 fully saturated rings. The standard InChI is InChI=1S/C16H26N4O8S/c1-7(21)12(17)14(25)18-8(5-11(22)23)15(26)20-4-2-3-10(20)13(24)19-9(6-29)16(27)28/h7-10,12,21,29H,2-6,17H2,1H3,(H,18,25)(H,19,24)(H,22,23)(H,27,28). The van der Waals surface area contributed by atoms with E-state index < -0.39 is 66.4 Å². The smallest absolute Gasteiger partial charge is 0.327 e. The van der Waals surface area contributed by atoms with Gasteiger partial charge in [0.2, 0.25) is 17.7 Å². The fourth-order valence-electron chi connectivity index (χ4n) is 2.82. The zero-order valence-corrected chi connectivity index (χ0v) is 16.7. The highest BCUT2D eigenvalue weighted by molar-refractivity contribution is 7.80. The van der Waals surface area contributed by atoms with Crippen molar-refractivity contribution >= 4 is 42.3 Å². The van der Waals surface area contributed by atoms with E-state index in [1.54, 1.807) is 0 Å². The molecule has 5 unspecified atom stereocenters. The molecule has 0 spiro atoms. The molecule has 0 radical (unpaired) electrons. The maximum Gasteiger partial charge on any atom is 0.327 e. The number of carbonyl (C=O) groups excluding carboxylic acids is 3. The second-order valence-electron chi connectivity index (χ2n) is 6.70. The Balaban J connectivity index is 2.95. The molecule has 0 aromatic carbocycles. The Labute approximate surface area is 172 Å². The van der Waals surface area contributed by atoms with Gasteiger partial charge in [0.25, 0.3) is 0 Å². The van der Waals surface area contributed by atoms with E-state index in [9.17, 15) is 29.1 Å². The van der Waals surface area contributed by atoms with Crippen LogP contribution >= 0.6 is 12.6 Å². The van der Waals surface area contributed by atoms with Crippen molar-refractivity contribution in [2.24, 2.45) is 5.73 Å². The van der Waals surface area contributed by atoms with Crippen LogP contribution in [0.2, 0.25) is 0 Å². The summed E-state index contributed by atoms with van der Waals surface area (Å²) < 4.78 is 0. The number of aliphatic hydroxyl groups is 1. The first kappa shape index (κ1) is 24.7. The number of thiol groups is 1. The Morgan fingerprint density at radius 3 is 2.28 bits per heavy atom. The van der Waals surface area contributed by atoms with E-state index in [0.717, 1.165) is 4.90 Å². The number of hydrogen-bond acceptors (Lipinski definition) is 8. The number of amides is 3. The van der Waals surface area contributed by atoms with Crippen LogP contribution in [0.4, 0.5) is 0 Å². The van der Waals surface area contributed by atoms with Crippen LogP contribution < -0.4 is 16.4 Å². The van der Waals surface area contributed by atoms with E-state index in [0.29, 0.717) is 6.42 Å². The van der Waals surface area contributed by atoms with E-state index in [2.05, 4.69) is 23.3 Å². The Hall–Kier alpha value is -2.38. The molecule has 0 saturated carbocycles. The fourth-order valence-corrected chi connectivity index (χ4v) is 3.07. The molecule has 0 aromatic heterocycles. The van der Waals surface area contributed by atoms with Gasteiger partial charge in [0, 0.05) is 12.3 Å². The van der Waals surface area contributed by atoms with Crippen LogP contribution in [0.25, 0.3) is 0 Å². The van der Waals surface area contributed by atoms with Gasteiger partial charge in [0.1, 0.15) is 24.2 Å². The third-order valence-corrected chi connectivity index (χ3v) is 4.82. The highest BCUT2D eigenvalue weighted by Gasteiger charge is 2.39. The molecule has 0 aromatic rings. The molecular formula is C16H26N4O8S. The molecule has 0 bridgehead atoms. The largest absolute Gasteiger partial charge is 0.481 e. The molecule has 3 amide bonds. The summed E-state index contributed by atoms with van der Waals surface area (Å²) in [7, 11) is 0. The first-order valence-electron chi connectivity index (χ1n) is 8.89. The number of nitrogens with one attached hydrogen (secondary N) is 2. The zero-order valence-electron chi connectivity index (χ0n) is 15.8. The summed E-state index contributed by atoms with van der Waals surface area (Å²) in [5.74, 6) is -5.24. The molecule has 164 valence electrons. The van der Waals surface area contributed by atoms with E-state index in [4.69, 9.17) is 15.9 Å². The van der Waals surface area contributed by atoms with Crippen LogP contribution in [-0.4, -0.2) is 92.4 Å². The highest BCUT2D eigenvalue weighted by Crippen LogP contribution is 2.19. The second-order valence-corrected chi connectivity index (χ2v) is 7.06. The number of rotatable bonds is 10. The summed E-state index contributed by atoms with van der Waals surface area (Å²) in [5, 5.41) is 32.0. The summed E-state index contributed by atoms with van der Waals surface area (Å²) in [6, 6.07) is -5.13. The van der Waals surface area contributed by atoms with Crippen LogP contribution in [-0.2, 0) is 24.0 Å². The second kappa shape index (κ2) is 11.0. The van der Waals surface area contributed by atoms with Gasteiger partial charge in [-0.1, -0.05) is 0 Å². The van der Waals surface area contributed by atoms with Gasteiger partial charge in [-0.05, 0) is 19.8 Å². The van der Waals surface area contributed by atoms with Crippen molar-refractivity contribution in [2.45, 2.75) is 56.5 Å². The number of carboxylic acids is 2. The van der Waals surface area contributed by atoms with Crippen molar-refractivity contribution in [1.82, 2.24) is 15.5 Å². The van der Waals surface area contributed by atoms with Gasteiger partial charge in [-0.15, -0.1) is 0 Å². The molecule has 1 aliphatic rings. The maximum absolute atomic E-state index is 12.8. The minimum atomic E-state index is -1.50. The zero-order chi connectivity index (χ0) is 22.3. The Kier molecular flexibility index (Phi) is 9.33. The number of nitrogens with zero attached hydrogens (tertiary/aromatic N) is 1. The number of aliphatic hydroxyl groups excluding tert-OH is 1. The normalized spacial score (nSPS) is 20.3. The molecule has 12 nitrogen and oxygen atoms in total. The number of hydrogen-bond donors (Lipinski definition) is 7. The minimum absolute atomic E-state index is 0.129. The SMILES string of the molecule is CC(O)C(N)C(=O)NC(CC(=O)O)C(=O)N1CCCC1C(=O)NC(CS)C(=O)O. The average Bonchev–Trinajstić information content (AvgIpc) is 3.13. The molecule has 7 N–H and O–H groups in total. The maximum atomic E-state index is 12.8. The average molecular weight is 434 g/mol. The lowest BCUT2D eigenvalue weighted by Gasteiger charge is -2.29. The van der Waals surface area contributed by atoms with E-state index in [1.165, 1.54) is 6.92 Å². The van der Waals surface area contributed by atoms with Crippen molar-refractivity contribution < 1.29 is 39.3 Å². The summed E-state index contributed by atoms with van der Waals surface area (Å²) in [6.45, 7) is 1.39. The Morgan fingerprint density at radius 2 is 1.79 bits per heavy atom. The van der Waals surface area contributed by atoms with Gasteiger partial charge < -0.3 is 36.6 Å². The van der Waals surface area contributed by atoms with Crippen LogP contribution in [0.1, 0.15) is 26.2 Å². The Morgan fingerprint density at radius 1 is 1.17 bits per heavy atom. The third kappa shape index (κ3) is 6.87. The summed E-state index contributed by atoms with van der Waals surface area (Å²) in [6.07, 6.45) is -1.30. The number of aliphatic carboxylic acids is 2. The van der Waals surface area contributed by atoms with E-state index >= 15 is 0 Å². The highest BCUT2D eigenvalue weighted by atomic mass is 32.1. The number of carboxylic acid groups (broad SMARTS) is 2. The first-order valence-corrected chi connectivity index (χ1v) is 9.53. The lowest BCUT2D eigenvalue weighted by Crippen LogP contribution is -2.58. The summed E-state index contributed by atoms with van der Waals surface area (Å²) in [5.41, 5.74) is 5.51. The molecule has 13 heteroatoms. The lowest BCUT2D eigenvalue weighted by molar-refractivity contribution is -0.147. The fraction of sp³-hybridized carbons (Fsp3) is 0.688. The van der Waals surface area contributed by atoms with Crippen LogP contribution in [0.15, 0.2) is 0 Å². The molecule has 1 aliphatic heterocycles. The predicted molar refractivity (Wildman–Crippen MR) is 102 cm³/mol. The first-order chi connectivity index (χ1) is 13.5. The number of carbonyl (C=O) groups is 5. The van der Waals surface area contributed by atoms with E-state index in [-0.39, 0.29) is 18.7 Å². The molecule has 1 rings (SSSR count). The van der Waals surface area contributed by atoms with Gasteiger partial charge >= 0.3 is 11.9 Å². The van der Waals surface area contributed by atoms with Crippen molar-refractivity contribution in [1.29, 1.82) is 0 Å². The molecular weight excluding hydrogens is 408 g/mol. The molecule has 1 saturated heterocycles. The molecule has 5 atom stereocenters. The summed E-state index contributed by atoms with van der Waals surface area (Å²) >= 11 is 3.86. The van der Waals surface area contributed by atoms with Crippen molar-refractivity contribution in [3.8, 4) is 0 Å². The molecule has 1 heterocycles. The van der Waals surface area contributed by atoms with E-state index in [1.807, 2.05) is 0 Å². The van der Waals surface area contributed by atoms with Crippen LogP contribution in [0.5, 0.6) is 0 Å².